The fourth-order valence-corrected chi connectivity index (χ4v) is 1.33. The number of hydrogen-bond acceptors (Lipinski definition) is 2. The van der Waals surface area contributed by atoms with Gasteiger partial charge in [0.25, 0.3) is 5.91 Å². The molecule has 1 unspecified atom stereocenters. The van der Waals surface area contributed by atoms with Crippen LogP contribution in [0.3, 0.4) is 0 Å². The summed E-state index contributed by atoms with van der Waals surface area (Å²) in [4.78, 5) is 22.8. The van der Waals surface area contributed by atoms with E-state index in [4.69, 9.17) is 0 Å². The van der Waals surface area contributed by atoms with Crippen LogP contribution in [0.1, 0.15) is 30.6 Å². The van der Waals surface area contributed by atoms with Gasteiger partial charge in [0.05, 0.1) is 11.6 Å². The Hall–Kier alpha value is -1.78. The second-order valence-electron chi connectivity index (χ2n) is 3.64. The maximum Gasteiger partial charge on any atom is 0.254 e. The van der Waals surface area contributed by atoms with Crippen molar-refractivity contribution >= 4 is 11.7 Å². The number of amides is 1. The third-order valence-corrected chi connectivity index (χ3v) is 2.35. The van der Waals surface area contributed by atoms with Crippen molar-refractivity contribution in [3.8, 4) is 0 Å². The number of carbonyl (C=O) groups is 2. The molecule has 1 rings (SSSR count). The number of Topliss-reactive ketones (excluding diaryl/α,β-unsaturated/α-hetero) is 1. The Morgan fingerprint density at radius 2 is 2.00 bits per heavy atom. The normalized spacial score (nSPS) is 12.0. The standard InChI is InChI=1S/C12H13F2NO2/c1-3-11(16)7(2)15-12(17)9-5-4-8(13)6-10(9)14/h4-7H,3H2,1-2H3,(H,15,17). The average Bonchev–Trinajstić information content (AvgIpc) is 2.27. The predicted octanol–water partition coefficient (Wildman–Crippen LogP) is 2.06. The first kappa shape index (κ1) is 13.3. The molecule has 1 aromatic rings. The Kier molecular flexibility index (Phi) is 4.31. The van der Waals surface area contributed by atoms with Gasteiger partial charge in [0, 0.05) is 12.5 Å². The number of rotatable bonds is 4. The minimum absolute atomic E-state index is 0.152. The molecule has 0 bridgehead atoms. The van der Waals surface area contributed by atoms with E-state index in [1.807, 2.05) is 0 Å². The van der Waals surface area contributed by atoms with Gasteiger partial charge in [-0.1, -0.05) is 6.92 Å². The Morgan fingerprint density at radius 1 is 1.35 bits per heavy atom. The summed E-state index contributed by atoms with van der Waals surface area (Å²) in [6.07, 6.45) is 0.285. The highest BCUT2D eigenvalue weighted by Gasteiger charge is 2.17. The van der Waals surface area contributed by atoms with Crippen LogP contribution in [0.15, 0.2) is 18.2 Å². The van der Waals surface area contributed by atoms with Crippen LogP contribution in [-0.2, 0) is 4.79 Å². The third-order valence-electron chi connectivity index (χ3n) is 2.35. The highest BCUT2D eigenvalue weighted by Crippen LogP contribution is 2.09. The van der Waals surface area contributed by atoms with E-state index in [1.54, 1.807) is 6.92 Å². The number of hydrogen-bond donors (Lipinski definition) is 1. The van der Waals surface area contributed by atoms with E-state index in [2.05, 4.69) is 5.32 Å². The van der Waals surface area contributed by atoms with Gasteiger partial charge in [-0.25, -0.2) is 8.78 Å². The molecule has 0 saturated heterocycles. The lowest BCUT2D eigenvalue weighted by molar-refractivity contribution is -0.120. The van der Waals surface area contributed by atoms with E-state index in [1.165, 1.54) is 6.92 Å². The van der Waals surface area contributed by atoms with Crippen molar-refractivity contribution in [2.75, 3.05) is 0 Å². The fraction of sp³-hybridized carbons (Fsp3) is 0.333. The first-order valence-corrected chi connectivity index (χ1v) is 5.24. The fourth-order valence-electron chi connectivity index (χ4n) is 1.33. The zero-order valence-electron chi connectivity index (χ0n) is 9.59. The van der Waals surface area contributed by atoms with Gasteiger partial charge in [0.15, 0.2) is 5.78 Å². The lowest BCUT2D eigenvalue weighted by Crippen LogP contribution is -2.38. The van der Waals surface area contributed by atoms with E-state index < -0.39 is 23.6 Å². The Balaban J connectivity index is 2.80. The van der Waals surface area contributed by atoms with Crippen molar-refractivity contribution in [1.29, 1.82) is 0 Å². The molecule has 92 valence electrons. The molecule has 1 aromatic carbocycles. The topological polar surface area (TPSA) is 46.2 Å². The zero-order valence-corrected chi connectivity index (χ0v) is 9.59. The van der Waals surface area contributed by atoms with Gasteiger partial charge in [-0.3, -0.25) is 9.59 Å². The van der Waals surface area contributed by atoms with Crippen molar-refractivity contribution in [1.82, 2.24) is 5.32 Å². The van der Waals surface area contributed by atoms with Crippen molar-refractivity contribution in [2.24, 2.45) is 0 Å². The SMILES string of the molecule is CCC(=O)C(C)NC(=O)c1ccc(F)cc1F. The molecular weight excluding hydrogens is 228 g/mol. The van der Waals surface area contributed by atoms with Crippen LogP contribution in [0.2, 0.25) is 0 Å². The number of halogens is 2. The molecule has 5 heteroatoms. The van der Waals surface area contributed by atoms with E-state index in [0.717, 1.165) is 12.1 Å². The zero-order chi connectivity index (χ0) is 13.0. The Bertz CT molecular complexity index is 446. The van der Waals surface area contributed by atoms with Crippen LogP contribution >= 0.6 is 0 Å². The van der Waals surface area contributed by atoms with Gasteiger partial charge in [-0.2, -0.15) is 0 Å². The molecule has 0 radical (unpaired) electrons. The molecule has 0 aliphatic rings. The molecule has 0 fully saturated rings. The molecule has 3 nitrogen and oxygen atoms in total. The first-order valence-electron chi connectivity index (χ1n) is 5.24. The van der Waals surface area contributed by atoms with Gasteiger partial charge in [0.1, 0.15) is 11.6 Å². The predicted molar refractivity (Wildman–Crippen MR) is 58.6 cm³/mol. The van der Waals surface area contributed by atoms with Crippen LogP contribution in [0.4, 0.5) is 8.78 Å². The second kappa shape index (κ2) is 5.52. The van der Waals surface area contributed by atoms with E-state index in [0.29, 0.717) is 6.07 Å². The van der Waals surface area contributed by atoms with Crippen LogP contribution in [0.25, 0.3) is 0 Å². The van der Waals surface area contributed by atoms with Crippen LogP contribution in [0, 0.1) is 11.6 Å². The largest absolute Gasteiger partial charge is 0.342 e. The summed E-state index contributed by atoms with van der Waals surface area (Å²) in [7, 11) is 0. The van der Waals surface area contributed by atoms with Crippen molar-refractivity contribution in [2.45, 2.75) is 26.3 Å². The summed E-state index contributed by atoms with van der Waals surface area (Å²) < 4.78 is 25.9. The van der Waals surface area contributed by atoms with E-state index in [-0.39, 0.29) is 17.8 Å². The Morgan fingerprint density at radius 3 is 2.53 bits per heavy atom. The molecule has 0 aromatic heterocycles. The minimum Gasteiger partial charge on any atom is -0.342 e. The van der Waals surface area contributed by atoms with Crippen LogP contribution in [0.5, 0.6) is 0 Å². The van der Waals surface area contributed by atoms with Crippen molar-refractivity contribution in [3.63, 3.8) is 0 Å². The molecule has 1 atom stereocenters. The summed E-state index contributed by atoms with van der Waals surface area (Å²) in [5.41, 5.74) is -0.276. The van der Waals surface area contributed by atoms with E-state index in [9.17, 15) is 18.4 Å². The maximum atomic E-state index is 13.2. The molecule has 17 heavy (non-hydrogen) atoms. The van der Waals surface area contributed by atoms with Gasteiger partial charge < -0.3 is 5.32 Å². The quantitative estimate of drug-likeness (QED) is 0.877. The molecule has 1 amide bonds. The van der Waals surface area contributed by atoms with Gasteiger partial charge >= 0.3 is 0 Å². The summed E-state index contributed by atoms with van der Waals surface area (Å²) in [6, 6.07) is 1.98. The van der Waals surface area contributed by atoms with Gasteiger partial charge in [0.2, 0.25) is 0 Å². The summed E-state index contributed by atoms with van der Waals surface area (Å²) in [6.45, 7) is 3.19. The monoisotopic (exact) mass is 241 g/mol. The summed E-state index contributed by atoms with van der Waals surface area (Å²) in [5.74, 6) is -2.58. The molecule has 1 N–H and O–H groups in total. The molecule has 0 aliphatic carbocycles. The summed E-state index contributed by atoms with van der Waals surface area (Å²) >= 11 is 0. The lowest BCUT2D eigenvalue weighted by atomic mass is 10.1. The lowest BCUT2D eigenvalue weighted by Gasteiger charge is -2.12. The average molecular weight is 241 g/mol. The molecule has 0 aliphatic heterocycles. The van der Waals surface area contributed by atoms with E-state index >= 15 is 0 Å². The molecule has 0 saturated carbocycles. The summed E-state index contributed by atoms with van der Waals surface area (Å²) in [5, 5.41) is 2.36. The Labute approximate surface area is 97.8 Å². The number of benzene rings is 1. The van der Waals surface area contributed by atoms with Crippen LogP contribution in [-0.4, -0.2) is 17.7 Å². The maximum absolute atomic E-state index is 13.2. The number of ketones is 1. The highest BCUT2D eigenvalue weighted by atomic mass is 19.1. The third kappa shape index (κ3) is 3.34. The van der Waals surface area contributed by atoms with Gasteiger partial charge in [-0.15, -0.1) is 0 Å². The molecule has 0 spiro atoms. The van der Waals surface area contributed by atoms with Gasteiger partial charge in [-0.05, 0) is 19.1 Å². The smallest absolute Gasteiger partial charge is 0.254 e. The number of carbonyl (C=O) groups excluding carboxylic acids is 2. The number of nitrogens with one attached hydrogen (secondary N) is 1. The first-order chi connectivity index (χ1) is 7.95. The minimum atomic E-state index is -0.946. The molecular formula is C12H13F2NO2. The van der Waals surface area contributed by atoms with Crippen LogP contribution < -0.4 is 5.32 Å². The highest BCUT2D eigenvalue weighted by molar-refractivity contribution is 5.97. The molecule has 0 heterocycles. The van der Waals surface area contributed by atoms with Crippen molar-refractivity contribution in [3.05, 3.63) is 35.4 Å². The van der Waals surface area contributed by atoms with Crippen molar-refractivity contribution < 1.29 is 18.4 Å². The second-order valence-corrected chi connectivity index (χ2v) is 3.64.